The first-order valence-corrected chi connectivity index (χ1v) is 9.64. The summed E-state index contributed by atoms with van der Waals surface area (Å²) in [6.07, 6.45) is 4.66. The van der Waals surface area contributed by atoms with Crippen LogP contribution >= 0.6 is 0 Å². The van der Waals surface area contributed by atoms with Crippen LogP contribution in [0.1, 0.15) is 23.6 Å². The third kappa shape index (κ3) is 2.92. The molecular formula is C19H19NO4S. The van der Waals surface area contributed by atoms with Crippen molar-refractivity contribution in [2.24, 2.45) is 0 Å². The Balaban J connectivity index is 1.72. The summed E-state index contributed by atoms with van der Waals surface area (Å²) in [7, 11) is -3.58. The highest BCUT2D eigenvalue weighted by Gasteiger charge is 2.33. The predicted octanol–water partition coefficient (Wildman–Crippen LogP) is 3.42. The molecule has 130 valence electrons. The average molecular weight is 357 g/mol. The fourth-order valence-corrected chi connectivity index (χ4v) is 4.74. The highest BCUT2D eigenvalue weighted by Crippen LogP contribution is 2.38. The van der Waals surface area contributed by atoms with E-state index in [1.807, 2.05) is 49.4 Å². The Morgan fingerprint density at radius 2 is 1.80 bits per heavy atom. The molecule has 4 rings (SSSR count). The summed E-state index contributed by atoms with van der Waals surface area (Å²) < 4.78 is 38.6. The van der Waals surface area contributed by atoms with Gasteiger partial charge in [0.15, 0.2) is 11.5 Å². The quantitative estimate of drug-likeness (QED) is 0.790. The Bertz CT molecular complexity index is 919. The van der Waals surface area contributed by atoms with Gasteiger partial charge >= 0.3 is 0 Å². The van der Waals surface area contributed by atoms with Crippen molar-refractivity contribution < 1.29 is 17.9 Å². The number of fused-ring (bicyclic) bond motifs is 1. The van der Waals surface area contributed by atoms with Gasteiger partial charge in [-0.3, -0.25) is 0 Å². The zero-order valence-electron chi connectivity index (χ0n) is 13.9. The lowest BCUT2D eigenvalue weighted by atomic mass is 10.0. The number of hydrogen-bond donors (Lipinski definition) is 0. The van der Waals surface area contributed by atoms with E-state index < -0.39 is 10.0 Å². The van der Waals surface area contributed by atoms with E-state index in [4.69, 9.17) is 9.47 Å². The Morgan fingerprint density at radius 1 is 1.04 bits per heavy atom. The van der Waals surface area contributed by atoms with E-state index in [1.165, 1.54) is 0 Å². The van der Waals surface area contributed by atoms with Crippen LogP contribution in [0.15, 0.2) is 59.5 Å². The fraction of sp³-hybridized carbons (Fsp3) is 0.263. The first-order chi connectivity index (χ1) is 12.1. The molecule has 1 atom stereocenters. The molecule has 0 aliphatic carbocycles. The van der Waals surface area contributed by atoms with Crippen LogP contribution in [0.3, 0.4) is 0 Å². The fourth-order valence-electron chi connectivity index (χ4n) is 3.15. The summed E-state index contributed by atoms with van der Waals surface area (Å²) in [4.78, 5) is 0.319. The van der Waals surface area contributed by atoms with Gasteiger partial charge in [0.05, 0.1) is 10.9 Å². The van der Waals surface area contributed by atoms with Crippen LogP contribution in [0.25, 0.3) is 0 Å². The smallest absolute Gasteiger partial charge is 0.243 e. The van der Waals surface area contributed by atoms with Crippen LogP contribution in [0.5, 0.6) is 11.5 Å². The summed E-state index contributed by atoms with van der Waals surface area (Å²) in [5.41, 5.74) is 1.90. The molecule has 0 N–H and O–H groups in total. The normalized spacial score (nSPS) is 20.0. The monoisotopic (exact) mass is 357 g/mol. The summed E-state index contributed by atoms with van der Waals surface area (Å²) >= 11 is 0. The van der Waals surface area contributed by atoms with Crippen molar-refractivity contribution in [1.82, 2.24) is 4.31 Å². The van der Waals surface area contributed by atoms with E-state index in [0.717, 1.165) is 11.1 Å². The van der Waals surface area contributed by atoms with Crippen molar-refractivity contribution in [3.63, 3.8) is 0 Å². The highest BCUT2D eigenvalue weighted by molar-refractivity contribution is 7.89. The lowest BCUT2D eigenvalue weighted by Crippen LogP contribution is -2.36. The molecule has 2 aliphatic rings. The number of ether oxygens (including phenoxy) is 2. The van der Waals surface area contributed by atoms with E-state index in [-0.39, 0.29) is 12.8 Å². The zero-order chi connectivity index (χ0) is 17.4. The number of nitrogens with zero attached hydrogens (tertiary/aromatic N) is 1. The Hall–Kier alpha value is -2.31. The maximum Gasteiger partial charge on any atom is 0.243 e. The van der Waals surface area contributed by atoms with Gasteiger partial charge in [0.25, 0.3) is 0 Å². The van der Waals surface area contributed by atoms with E-state index in [9.17, 15) is 8.42 Å². The molecule has 0 unspecified atom stereocenters. The summed E-state index contributed by atoms with van der Waals surface area (Å²) in [6.45, 7) is 2.59. The molecule has 5 nitrogen and oxygen atoms in total. The van der Waals surface area contributed by atoms with E-state index >= 15 is 0 Å². The topological polar surface area (TPSA) is 55.8 Å². The second-order valence-corrected chi connectivity index (χ2v) is 8.09. The molecule has 0 amide bonds. The summed E-state index contributed by atoms with van der Waals surface area (Å²) in [5.74, 6) is 1.35. The van der Waals surface area contributed by atoms with Gasteiger partial charge in [-0.2, -0.15) is 4.31 Å². The maximum atomic E-state index is 13.2. The molecule has 0 spiro atoms. The molecule has 0 saturated heterocycles. The van der Waals surface area contributed by atoms with Crippen LogP contribution in [0, 0.1) is 6.92 Å². The standard InChI is InChI=1S/C19H19NO4S/c1-14-5-8-16(9-6-14)25(21,22)20-11-3-2-4-17(20)15-7-10-18-19(12-15)24-13-23-18/h2,4-10,12,17H,3,11,13H2,1H3/t17-/m0/s1. The number of aryl methyl sites for hydroxylation is 1. The maximum absolute atomic E-state index is 13.2. The highest BCUT2D eigenvalue weighted by atomic mass is 32.2. The molecule has 2 aliphatic heterocycles. The van der Waals surface area contributed by atoms with Gasteiger partial charge in [-0.1, -0.05) is 35.9 Å². The molecule has 0 bridgehead atoms. The van der Waals surface area contributed by atoms with Gasteiger partial charge < -0.3 is 9.47 Å². The Labute approximate surface area is 147 Å². The second-order valence-electron chi connectivity index (χ2n) is 6.20. The molecule has 6 heteroatoms. The van der Waals surface area contributed by atoms with Crippen molar-refractivity contribution in [3.8, 4) is 11.5 Å². The van der Waals surface area contributed by atoms with E-state index in [2.05, 4.69) is 0 Å². The van der Waals surface area contributed by atoms with Crippen LogP contribution in [-0.2, 0) is 10.0 Å². The minimum absolute atomic E-state index is 0.199. The van der Waals surface area contributed by atoms with Crippen molar-refractivity contribution in [1.29, 1.82) is 0 Å². The van der Waals surface area contributed by atoms with Gasteiger partial charge in [-0.25, -0.2) is 8.42 Å². The minimum Gasteiger partial charge on any atom is -0.454 e. The first-order valence-electron chi connectivity index (χ1n) is 8.20. The SMILES string of the molecule is Cc1ccc(S(=O)(=O)N2CCC=C[C@H]2c2ccc3c(c2)OCO3)cc1. The Kier molecular flexibility index (Phi) is 4.01. The number of benzene rings is 2. The van der Waals surface area contributed by atoms with Gasteiger partial charge in [0.2, 0.25) is 16.8 Å². The zero-order valence-corrected chi connectivity index (χ0v) is 14.7. The molecule has 2 heterocycles. The lowest BCUT2D eigenvalue weighted by Gasteiger charge is -2.31. The van der Waals surface area contributed by atoms with Gasteiger partial charge in [-0.05, 0) is 43.2 Å². The van der Waals surface area contributed by atoms with Gasteiger partial charge in [0, 0.05) is 6.54 Å². The largest absolute Gasteiger partial charge is 0.454 e. The lowest BCUT2D eigenvalue weighted by molar-refractivity contribution is 0.174. The van der Waals surface area contributed by atoms with Crippen LogP contribution in [0.4, 0.5) is 0 Å². The Morgan fingerprint density at radius 3 is 2.60 bits per heavy atom. The van der Waals surface area contributed by atoms with Gasteiger partial charge in [-0.15, -0.1) is 0 Å². The van der Waals surface area contributed by atoms with Crippen LogP contribution in [-0.4, -0.2) is 26.1 Å². The summed E-state index contributed by atoms with van der Waals surface area (Å²) in [5, 5.41) is 0. The summed E-state index contributed by atoms with van der Waals surface area (Å²) in [6, 6.07) is 12.2. The van der Waals surface area contributed by atoms with Crippen molar-refractivity contribution in [3.05, 3.63) is 65.7 Å². The molecule has 0 saturated carbocycles. The molecule has 25 heavy (non-hydrogen) atoms. The van der Waals surface area contributed by atoms with Crippen molar-refractivity contribution in [2.45, 2.75) is 24.3 Å². The molecule has 0 radical (unpaired) electrons. The van der Waals surface area contributed by atoms with Crippen LogP contribution in [0.2, 0.25) is 0 Å². The molecule has 2 aromatic rings. The number of hydrogen-bond acceptors (Lipinski definition) is 4. The minimum atomic E-state index is -3.58. The van der Waals surface area contributed by atoms with Crippen molar-refractivity contribution in [2.75, 3.05) is 13.3 Å². The molecule has 2 aromatic carbocycles. The van der Waals surface area contributed by atoms with E-state index in [0.29, 0.717) is 29.4 Å². The van der Waals surface area contributed by atoms with Gasteiger partial charge in [0.1, 0.15) is 0 Å². The van der Waals surface area contributed by atoms with E-state index in [1.54, 1.807) is 16.4 Å². The second kappa shape index (κ2) is 6.20. The van der Waals surface area contributed by atoms with Crippen LogP contribution < -0.4 is 9.47 Å². The molecule has 0 fully saturated rings. The molecule has 0 aromatic heterocycles. The predicted molar refractivity (Wildman–Crippen MR) is 94.1 cm³/mol. The molecular weight excluding hydrogens is 338 g/mol. The van der Waals surface area contributed by atoms with Crippen molar-refractivity contribution >= 4 is 10.0 Å². The third-order valence-electron chi connectivity index (χ3n) is 4.51. The number of rotatable bonds is 3. The average Bonchev–Trinajstić information content (AvgIpc) is 3.10. The number of sulfonamides is 1. The third-order valence-corrected chi connectivity index (χ3v) is 6.41. The first kappa shape index (κ1) is 16.2.